The molecule has 0 spiro atoms. The number of nitrogens with zero attached hydrogens (tertiary/aromatic N) is 2. The summed E-state index contributed by atoms with van der Waals surface area (Å²) in [6.07, 6.45) is 6.34. The van der Waals surface area contributed by atoms with Crippen LogP contribution < -0.4 is 11.1 Å². The number of carbonyl (C=O) groups excluding carboxylic acids is 1. The lowest BCUT2D eigenvalue weighted by Crippen LogP contribution is -2.55. The van der Waals surface area contributed by atoms with Crippen molar-refractivity contribution in [3.8, 4) is 0 Å². The number of nitrogens with one attached hydrogen (secondary N) is 1. The molecule has 0 aromatic heterocycles. The molecule has 0 fully saturated rings. The van der Waals surface area contributed by atoms with Gasteiger partial charge in [0.1, 0.15) is 0 Å². The number of rotatable bonds is 7. The molecular formula is C19H24N4O. The summed E-state index contributed by atoms with van der Waals surface area (Å²) in [5.41, 5.74) is 8.99. The lowest BCUT2D eigenvalue weighted by atomic mass is 9.92. The summed E-state index contributed by atoms with van der Waals surface area (Å²) in [4.78, 5) is 21.4. The van der Waals surface area contributed by atoms with Crippen molar-refractivity contribution in [2.24, 2.45) is 15.7 Å². The van der Waals surface area contributed by atoms with Crippen LogP contribution in [0, 0.1) is 0 Å². The number of primary amides is 1. The van der Waals surface area contributed by atoms with Crippen LogP contribution in [-0.2, 0) is 4.79 Å². The van der Waals surface area contributed by atoms with E-state index in [1.165, 1.54) is 12.8 Å². The van der Waals surface area contributed by atoms with Crippen molar-refractivity contribution >= 4 is 28.6 Å². The molecule has 2 aliphatic rings. The Balaban J connectivity index is 1.90. The van der Waals surface area contributed by atoms with Gasteiger partial charge in [0.2, 0.25) is 5.66 Å². The van der Waals surface area contributed by atoms with Gasteiger partial charge in [-0.1, -0.05) is 44.4 Å². The average Bonchev–Trinajstić information content (AvgIpc) is 2.94. The minimum atomic E-state index is -1.18. The van der Waals surface area contributed by atoms with E-state index < -0.39 is 11.6 Å². The third-order valence-corrected chi connectivity index (χ3v) is 4.52. The number of carbonyl (C=O) groups is 1. The zero-order valence-electron chi connectivity index (χ0n) is 14.3. The molecule has 2 heterocycles. The van der Waals surface area contributed by atoms with Crippen molar-refractivity contribution < 1.29 is 4.79 Å². The van der Waals surface area contributed by atoms with Gasteiger partial charge in [0.25, 0.3) is 5.91 Å². The molecule has 5 heteroatoms. The van der Waals surface area contributed by atoms with Crippen LogP contribution in [0.2, 0.25) is 0 Å². The minimum absolute atomic E-state index is 0.478. The quantitative estimate of drug-likeness (QED) is 0.756. The van der Waals surface area contributed by atoms with Crippen LogP contribution >= 0.6 is 0 Å². The highest BCUT2D eigenvalue weighted by atomic mass is 16.2. The molecule has 3 N–H and O–H groups in total. The minimum Gasteiger partial charge on any atom is -0.366 e. The van der Waals surface area contributed by atoms with Crippen molar-refractivity contribution in [2.45, 2.75) is 45.2 Å². The third-order valence-electron chi connectivity index (χ3n) is 4.52. The lowest BCUT2D eigenvalue weighted by Gasteiger charge is -2.29. The number of allylic oxidation sites excluding steroid dienone is 1. The number of para-hydroxylation sites is 1. The Morgan fingerprint density at radius 1 is 1.25 bits per heavy atom. The molecule has 3 rings (SSSR count). The van der Waals surface area contributed by atoms with Gasteiger partial charge >= 0.3 is 0 Å². The fourth-order valence-corrected chi connectivity index (χ4v) is 3.22. The van der Waals surface area contributed by atoms with E-state index in [-0.39, 0.29) is 0 Å². The fraction of sp³-hybridized carbons (Fsp3) is 0.421. The normalized spacial score (nSPS) is 21.5. The number of amides is 1. The van der Waals surface area contributed by atoms with E-state index in [1.54, 1.807) is 0 Å². The van der Waals surface area contributed by atoms with Crippen LogP contribution in [0.4, 0.5) is 5.69 Å². The highest BCUT2D eigenvalue weighted by molar-refractivity contribution is 6.60. The Morgan fingerprint density at radius 2 is 2.04 bits per heavy atom. The van der Waals surface area contributed by atoms with E-state index in [1.807, 2.05) is 37.3 Å². The number of benzene rings is 1. The molecule has 1 aromatic carbocycles. The second-order valence-electron chi connectivity index (χ2n) is 6.35. The lowest BCUT2D eigenvalue weighted by molar-refractivity contribution is -0.122. The van der Waals surface area contributed by atoms with E-state index in [9.17, 15) is 4.79 Å². The van der Waals surface area contributed by atoms with Gasteiger partial charge in [0.15, 0.2) is 0 Å². The van der Waals surface area contributed by atoms with E-state index >= 15 is 0 Å². The summed E-state index contributed by atoms with van der Waals surface area (Å²) in [5, 5.41) is 3.27. The van der Waals surface area contributed by atoms with E-state index in [2.05, 4.69) is 22.2 Å². The van der Waals surface area contributed by atoms with Gasteiger partial charge in [-0.15, -0.1) is 0 Å². The number of hydrogen-bond acceptors (Lipinski definition) is 4. The van der Waals surface area contributed by atoms with Gasteiger partial charge in [-0.2, -0.15) is 0 Å². The van der Waals surface area contributed by atoms with E-state index in [4.69, 9.17) is 5.73 Å². The smallest absolute Gasteiger partial charge is 0.264 e. The number of aliphatic imine (C=N–C) groups is 2. The van der Waals surface area contributed by atoms with Crippen LogP contribution in [0.15, 0.2) is 40.3 Å². The molecular weight excluding hydrogens is 300 g/mol. The Labute approximate surface area is 142 Å². The van der Waals surface area contributed by atoms with Crippen molar-refractivity contribution in [1.82, 2.24) is 5.32 Å². The zero-order valence-corrected chi connectivity index (χ0v) is 14.3. The topological polar surface area (TPSA) is 79.8 Å². The highest BCUT2D eigenvalue weighted by Crippen LogP contribution is 2.38. The van der Waals surface area contributed by atoms with E-state index in [0.717, 1.165) is 41.1 Å². The summed E-state index contributed by atoms with van der Waals surface area (Å²) in [7, 11) is 0. The number of unbranched alkanes of at least 4 members (excludes halogenated alkanes) is 3. The van der Waals surface area contributed by atoms with Gasteiger partial charge < -0.3 is 5.73 Å². The summed E-state index contributed by atoms with van der Waals surface area (Å²) >= 11 is 0. The molecule has 24 heavy (non-hydrogen) atoms. The maximum absolute atomic E-state index is 12.2. The summed E-state index contributed by atoms with van der Waals surface area (Å²) < 4.78 is 0. The molecule has 5 nitrogen and oxygen atoms in total. The van der Waals surface area contributed by atoms with Crippen LogP contribution in [0.3, 0.4) is 0 Å². The van der Waals surface area contributed by atoms with Crippen LogP contribution in [0.5, 0.6) is 0 Å². The second-order valence-corrected chi connectivity index (χ2v) is 6.35. The molecule has 1 aromatic rings. The molecule has 126 valence electrons. The molecule has 0 bridgehead atoms. The van der Waals surface area contributed by atoms with Gasteiger partial charge in [0, 0.05) is 11.1 Å². The number of fused-ring (bicyclic) bond motifs is 3. The maximum Gasteiger partial charge on any atom is 0.264 e. The number of dihydropyridines is 1. The largest absolute Gasteiger partial charge is 0.366 e. The molecule has 0 saturated carbocycles. The first-order valence-electron chi connectivity index (χ1n) is 8.60. The van der Waals surface area contributed by atoms with Crippen molar-refractivity contribution in [3.05, 3.63) is 35.9 Å². The SMILES string of the molecule is CCCCCCNC1(C(N)=O)C=C2C(=Nc3ccccc32)C(C)=N1. The first kappa shape index (κ1) is 16.6. The van der Waals surface area contributed by atoms with Crippen molar-refractivity contribution in [1.29, 1.82) is 0 Å². The van der Waals surface area contributed by atoms with Crippen LogP contribution in [0.25, 0.3) is 5.57 Å². The Kier molecular flexibility index (Phi) is 4.62. The van der Waals surface area contributed by atoms with Crippen LogP contribution in [0.1, 0.15) is 45.1 Å². The molecule has 1 amide bonds. The van der Waals surface area contributed by atoms with Crippen LogP contribution in [-0.4, -0.2) is 29.5 Å². The van der Waals surface area contributed by atoms with Gasteiger partial charge in [-0.25, -0.2) is 4.99 Å². The van der Waals surface area contributed by atoms with Gasteiger partial charge in [-0.3, -0.25) is 15.1 Å². The first-order chi connectivity index (χ1) is 11.6. The molecule has 1 atom stereocenters. The third kappa shape index (κ3) is 2.91. The Bertz CT molecular complexity index is 747. The standard InChI is InChI=1S/C19H24N4O/c1-3-4-5-8-11-21-19(18(20)24)12-15-14-9-6-7-10-16(14)22-17(15)13(2)23-19/h6-7,9-10,12,21H,3-5,8,11H2,1-2H3,(H2,20,24). The first-order valence-corrected chi connectivity index (χ1v) is 8.60. The summed E-state index contributed by atoms with van der Waals surface area (Å²) in [6.45, 7) is 4.77. The van der Waals surface area contributed by atoms with Gasteiger partial charge in [-0.05, 0) is 32.0 Å². The predicted octanol–water partition coefficient (Wildman–Crippen LogP) is 2.98. The highest BCUT2D eigenvalue weighted by Gasteiger charge is 2.40. The molecule has 0 aliphatic carbocycles. The molecule has 2 aliphatic heterocycles. The Hall–Kier alpha value is -2.27. The van der Waals surface area contributed by atoms with Crippen molar-refractivity contribution in [2.75, 3.05) is 6.54 Å². The summed E-state index contributed by atoms with van der Waals surface area (Å²) in [6, 6.07) is 7.92. The molecule has 0 radical (unpaired) electrons. The van der Waals surface area contributed by atoms with Crippen molar-refractivity contribution in [3.63, 3.8) is 0 Å². The second kappa shape index (κ2) is 6.69. The number of nitrogens with two attached hydrogens (primary N) is 1. The van der Waals surface area contributed by atoms with Gasteiger partial charge in [0.05, 0.1) is 17.1 Å². The summed E-state index contributed by atoms with van der Waals surface area (Å²) in [5.74, 6) is -0.478. The number of hydrogen-bond donors (Lipinski definition) is 2. The molecule has 0 saturated heterocycles. The predicted molar refractivity (Wildman–Crippen MR) is 98.7 cm³/mol. The average molecular weight is 324 g/mol. The fourth-order valence-electron chi connectivity index (χ4n) is 3.22. The monoisotopic (exact) mass is 324 g/mol. The van der Waals surface area contributed by atoms with E-state index in [0.29, 0.717) is 6.54 Å². The maximum atomic E-state index is 12.2. The molecule has 1 unspecified atom stereocenters. The zero-order chi connectivity index (χ0) is 17.2. The Morgan fingerprint density at radius 3 is 2.79 bits per heavy atom.